The second kappa shape index (κ2) is 8.50. The summed E-state index contributed by atoms with van der Waals surface area (Å²) in [7, 11) is 0. The lowest BCUT2D eigenvalue weighted by Gasteiger charge is -2.20. The van der Waals surface area contributed by atoms with Crippen LogP contribution in [0.25, 0.3) is 0 Å². The van der Waals surface area contributed by atoms with Crippen molar-refractivity contribution in [1.29, 1.82) is 0 Å². The molecule has 134 valence electrons. The zero-order chi connectivity index (χ0) is 18.4. The molecule has 0 aliphatic carbocycles. The van der Waals surface area contributed by atoms with Crippen molar-refractivity contribution in [3.05, 3.63) is 64.7 Å². The van der Waals surface area contributed by atoms with Crippen molar-refractivity contribution in [3.63, 3.8) is 0 Å². The van der Waals surface area contributed by atoms with E-state index in [2.05, 4.69) is 5.32 Å². The number of carbonyl (C=O) groups is 1. The summed E-state index contributed by atoms with van der Waals surface area (Å²) in [5, 5.41) is 22.8. The van der Waals surface area contributed by atoms with Crippen LogP contribution in [0.4, 0.5) is 10.5 Å². The van der Waals surface area contributed by atoms with Gasteiger partial charge in [-0.1, -0.05) is 42.5 Å². The van der Waals surface area contributed by atoms with Crippen LogP contribution in [0.3, 0.4) is 0 Å². The molecule has 2 rings (SSSR count). The van der Waals surface area contributed by atoms with Crippen LogP contribution in [-0.2, 0) is 11.3 Å². The summed E-state index contributed by atoms with van der Waals surface area (Å²) in [6.45, 7) is 3.69. The Labute approximate surface area is 147 Å². The van der Waals surface area contributed by atoms with E-state index in [4.69, 9.17) is 10.5 Å². The highest BCUT2D eigenvalue weighted by atomic mass is 16.5. The molecule has 0 heterocycles. The number of rotatable bonds is 6. The molecule has 2 aromatic carbocycles. The first-order valence-corrected chi connectivity index (χ1v) is 8.05. The van der Waals surface area contributed by atoms with Crippen LogP contribution in [0.2, 0.25) is 0 Å². The minimum absolute atomic E-state index is 0.128. The Balaban J connectivity index is 1.84. The molecule has 2 atom stereocenters. The number of anilines is 1. The van der Waals surface area contributed by atoms with E-state index in [0.717, 1.165) is 16.7 Å². The van der Waals surface area contributed by atoms with Gasteiger partial charge in [0.05, 0.1) is 0 Å². The predicted octanol–water partition coefficient (Wildman–Crippen LogP) is 2.21. The largest absolute Gasteiger partial charge is 0.445 e. The van der Waals surface area contributed by atoms with E-state index < -0.39 is 18.3 Å². The second-order valence-corrected chi connectivity index (χ2v) is 6.02. The Morgan fingerprint density at radius 1 is 1.16 bits per heavy atom. The molecule has 0 fully saturated rings. The summed E-state index contributed by atoms with van der Waals surface area (Å²) in [6.07, 6.45) is -2.95. The van der Waals surface area contributed by atoms with Gasteiger partial charge in [0.25, 0.3) is 0 Å². The first-order chi connectivity index (χ1) is 11.9. The molecule has 0 saturated carbocycles. The van der Waals surface area contributed by atoms with Crippen molar-refractivity contribution in [3.8, 4) is 0 Å². The molecule has 6 heteroatoms. The molecule has 5 N–H and O–H groups in total. The van der Waals surface area contributed by atoms with Gasteiger partial charge < -0.3 is 26.0 Å². The van der Waals surface area contributed by atoms with Crippen molar-refractivity contribution in [1.82, 2.24) is 5.32 Å². The third-order valence-corrected chi connectivity index (χ3v) is 3.99. The summed E-state index contributed by atoms with van der Waals surface area (Å²) >= 11 is 0. The molecule has 2 unspecified atom stereocenters. The Morgan fingerprint density at radius 2 is 1.76 bits per heavy atom. The number of ether oxygens (including phenoxy) is 1. The van der Waals surface area contributed by atoms with Crippen LogP contribution in [0, 0.1) is 13.8 Å². The zero-order valence-electron chi connectivity index (χ0n) is 14.4. The molecule has 0 spiro atoms. The minimum Gasteiger partial charge on any atom is -0.445 e. The number of alkyl carbamates (subject to hydrolysis) is 1. The number of carbonyl (C=O) groups excluding carboxylic acids is 1. The molecule has 25 heavy (non-hydrogen) atoms. The molecule has 0 radical (unpaired) electrons. The van der Waals surface area contributed by atoms with Gasteiger partial charge in [0, 0.05) is 12.2 Å². The summed E-state index contributed by atoms with van der Waals surface area (Å²) in [6, 6.07) is 12.7. The van der Waals surface area contributed by atoms with E-state index in [1.807, 2.05) is 44.2 Å². The van der Waals surface area contributed by atoms with Gasteiger partial charge >= 0.3 is 6.09 Å². The third-order valence-electron chi connectivity index (χ3n) is 3.99. The van der Waals surface area contributed by atoms with Crippen LogP contribution >= 0.6 is 0 Å². The van der Waals surface area contributed by atoms with Gasteiger partial charge in [-0.25, -0.2) is 4.79 Å². The van der Waals surface area contributed by atoms with E-state index in [9.17, 15) is 15.0 Å². The maximum absolute atomic E-state index is 11.7. The van der Waals surface area contributed by atoms with Gasteiger partial charge in [0.2, 0.25) is 0 Å². The lowest BCUT2D eigenvalue weighted by atomic mass is 9.98. The van der Waals surface area contributed by atoms with Crippen LogP contribution in [0.15, 0.2) is 42.5 Å². The molecule has 0 saturated heterocycles. The average Bonchev–Trinajstić information content (AvgIpc) is 2.62. The van der Waals surface area contributed by atoms with Gasteiger partial charge in [-0.05, 0) is 36.1 Å². The number of nitrogens with one attached hydrogen (secondary N) is 1. The van der Waals surface area contributed by atoms with Crippen LogP contribution < -0.4 is 11.1 Å². The number of nitrogens with two attached hydrogens (primary N) is 1. The molecule has 0 aliphatic rings. The average molecular weight is 344 g/mol. The number of benzene rings is 2. The Hall–Kier alpha value is -2.57. The molecular formula is C19H24N2O4. The highest BCUT2D eigenvalue weighted by Crippen LogP contribution is 2.24. The standard InChI is InChI=1S/C19H24N2O4/c1-12-8-15(9-13(2)17(12)20)18(23)16(22)10-21-19(24)25-11-14-6-4-3-5-7-14/h3-9,16,18,22-23H,10-11,20H2,1-2H3,(H,21,24). The number of hydrogen-bond donors (Lipinski definition) is 4. The van der Waals surface area contributed by atoms with Gasteiger partial charge in [0.1, 0.15) is 18.8 Å². The quantitative estimate of drug-likeness (QED) is 0.601. The first kappa shape index (κ1) is 18.8. The van der Waals surface area contributed by atoms with Gasteiger partial charge in [-0.15, -0.1) is 0 Å². The molecule has 1 amide bonds. The van der Waals surface area contributed by atoms with Crippen molar-refractivity contribution in [2.45, 2.75) is 32.7 Å². The van der Waals surface area contributed by atoms with E-state index in [1.165, 1.54) is 0 Å². The smallest absolute Gasteiger partial charge is 0.407 e. The lowest BCUT2D eigenvalue weighted by molar-refractivity contribution is 0.0183. The van der Waals surface area contributed by atoms with Crippen molar-refractivity contribution in [2.24, 2.45) is 0 Å². The Bertz CT molecular complexity index is 696. The van der Waals surface area contributed by atoms with E-state index >= 15 is 0 Å². The molecule has 0 aliphatic heterocycles. The molecule has 2 aromatic rings. The fraction of sp³-hybridized carbons (Fsp3) is 0.316. The van der Waals surface area contributed by atoms with Crippen LogP contribution in [0.1, 0.15) is 28.4 Å². The van der Waals surface area contributed by atoms with Gasteiger partial charge in [-0.3, -0.25) is 0 Å². The summed E-state index contributed by atoms with van der Waals surface area (Å²) in [4.78, 5) is 11.7. The summed E-state index contributed by atoms with van der Waals surface area (Å²) in [5.74, 6) is 0. The highest BCUT2D eigenvalue weighted by Gasteiger charge is 2.20. The topological polar surface area (TPSA) is 105 Å². The van der Waals surface area contributed by atoms with Crippen LogP contribution in [-0.4, -0.2) is 29.0 Å². The fourth-order valence-corrected chi connectivity index (χ4v) is 2.47. The number of aryl methyl sites for hydroxylation is 2. The number of nitrogen functional groups attached to an aromatic ring is 1. The highest BCUT2D eigenvalue weighted by molar-refractivity contribution is 5.67. The molecule has 0 bridgehead atoms. The van der Waals surface area contributed by atoms with E-state index in [1.54, 1.807) is 12.1 Å². The van der Waals surface area contributed by atoms with Crippen molar-refractivity contribution < 1.29 is 19.7 Å². The SMILES string of the molecule is Cc1cc(C(O)C(O)CNC(=O)OCc2ccccc2)cc(C)c1N. The normalized spacial score (nSPS) is 13.1. The zero-order valence-corrected chi connectivity index (χ0v) is 14.4. The first-order valence-electron chi connectivity index (χ1n) is 8.05. The lowest BCUT2D eigenvalue weighted by Crippen LogP contribution is -2.35. The van der Waals surface area contributed by atoms with Gasteiger partial charge in [-0.2, -0.15) is 0 Å². The number of amides is 1. The third kappa shape index (κ3) is 5.20. The van der Waals surface area contributed by atoms with Crippen LogP contribution in [0.5, 0.6) is 0 Å². The summed E-state index contributed by atoms with van der Waals surface area (Å²) in [5.41, 5.74) is 9.63. The van der Waals surface area contributed by atoms with E-state index in [0.29, 0.717) is 11.3 Å². The maximum atomic E-state index is 11.7. The monoisotopic (exact) mass is 344 g/mol. The Kier molecular flexibility index (Phi) is 6.38. The predicted molar refractivity (Wildman–Crippen MR) is 95.9 cm³/mol. The van der Waals surface area contributed by atoms with Crippen molar-refractivity contribution >= 4 is 11.8 Å². The fourth-order valence-electron chi connectivity index (χ4n) is 2.47. The Morgan fingerprint density at radius 3 is 2.36 bits per heavy atom. The molecular weight excluding hydrogens is 320 g/mol. The number of hydrogen-bond acceptors (Lipinski definition) is 5. The summed E-state index contributed by atoms with van der Waals surface area (Å²) < 4.78 is 5.06. The number of aliphatic hydroxyl groups excluding tert-OH is 2. The number of aliphatic hydroxyl groups is 2. The maximum Gasteiger partial charge on any atom is 0.407 e. The van der Waals surface area contributed by atoms with Gasteiger partial charge in [0.15, 0.2) is 0 Å². The molecule has 0 aromatic heterocycles. The second-order valence-electron chi connectivity index (χ2n) is 6.02. The van der Waals surface area contributed by atoms with Crippen molar-refractivity contribution in [2.75, 3.05) is 12.3 Å². The minimum atomic E-state index is -1.16. The van der Waals surface area contributed by atoms with E-state index in [-0.39, 0.29) is 13.2 Å². The molecule has 6 nitrogen and oxygen atoms in total.